The first-order chi connectivity index (χ1) is 10.1. The minimum atomic E-state index is -0.434. The lowest BCUT2D eigenvalue weighted by atomic mass is 10.2. The summed E-state index contributed by atoms with van der Waals surface area (Å²) >= 11 is 0. The molecular weight excluding hydrogens is 268 g/mol. The van der Waals surface area contributed by atoms with Crippen LogP contribution in [0.5, 0.6) is 0 Å². The Kier molecular flexibility index (Phi) is 4.77. The molecule has 0 unspecified atom stereocenters. The highest BCUT2D eigenvalue weighted by molar-refractivity contribution is 5.91. The fraction of sp³-hybridized carbons (Fsp3) is 0.250. The average Bonchev–Trinajstić information content (AvgIpc) is 2.90. The monoisotopic (exact) mass is 286 g/mol. The van der Waals surface area contributed by atoms with Gasteiger partial charge in [0.15, 0.2) is 5.76 Å². The molecule has 5 heteroatoms. The zero-order chi connectivity index (χ0) is 15.2. The number of hydrogen-bond donors (Lipinski definition) is 1. The van der Waals surface area contributed by atoms with Crippen molar-refractivity contribution in [3.8, 4) is 0 Å². The summed E-state index contributed by atoms with van der Waals surface area (Å²) in [4.78, 5) is 25.0. The Hall–Kier alpha value is -2.56. The lowest BCUT2D eigenvalue weighted by Crippen LogP contribution is -2.33. The minimum absolute atomic E-state index is 0.123. The van der Waals surface area contributed by atoms with Gasteiger partial charge in [0.2, 0.25) is 5.91 Å². The summed E-state index contributed by atoms with van der Waals surface area (Å²) in [6.07, 6.45) is 0.123. The molecule has 0 spiro atoms. The van der Waals surface area contributed by atoms with Gasteiger partial charge in [-0.05, 0) is 24.6 Å². The van der Waals surface area contributed by atoms with Gasteiger partial charge < -0.3 is 15.1 Å². The number of furan rings is 1. The van der Waals surface area contributed by atoms with Crippen LogP contribution in [-0.4, -0.2) is 23.3 Å². The molecule has 0 aliphatic carbocycles. The average molecular weight is 286 g/mol. The van der Waals surface area contributed by atoms with Crippen molar-refractivity contribution in [2.75, 3.05) is 6.54 Å². The third-order valence-electron chi connectivity index (χ3n) is 3.08. The number of nitrogens with zero attached hydrogens (tertiary/aromatic N) is 1. The van der Waals surface area contributed by atoms with E-state index in [2.05, 4.69) is 0 Å². The summed E-state index contributed by atoms with van der Waals surface area (Å²) in [5.74, 6) is 0.269. The van der Waals surface area contributed by atoms with E-state index in [1.807, 2.05) is 30.3 Å². The van der Waals surface area contributed by atoms with Crippen LogP contribution < -0.4 is 5.73 Å². The second-order valence-corrected chi connectivity index (χ2v) is 4.84. The number of primary amides is 1. The lowest BCUT2D eigenvalue weighted by Gasteiger charge is -2.21. The van der Waals surface area contributed by atoms with E-state index in [-0.39, 0.29) is 24.6 Å². The van der Waals surface area contributed by atoms with Gasteiger partial charge in [0.25, 0.3) is 5.91 Å². The van der Waals surface area contributed by atoms with Gasteiger partial charge in [0, 0.05) is 19.5 Å². The number of aryl methyl sites for hydroxylation is 1. The Morgan fingerprint density at radius 1 is 1.14 bits per heavy atom. The molecule has 2 rings (SSSR count). The lowest BCUT2D eigenvalue weighted by molar-refractivity contribution is -0.118. The number of amides is 2. The highest BCUT2D eigenvalue weighted by atomic mass is 16.3. The molecule has 0 aliphatic rings. The van der Waals surface area contributed by atoms with Gasteiger partial charge in [0.1, 0.15) is 5.76 Å². The van der Waals surface area contributed by atoms with Crippen molar-refractivity contribution in [3.63, 3.8) is 0 Å². The zero-order valence-electron chi connectivity index (χ0n) is 11.9. The van der Waals surface area contributed by atoms with E-state index >= 15 is 0 Å². The highest BCUT2D eigenvalue weighted by Crippen LogP contribution is 2.13. The van der Waals surface area contributed by atoms with Gasteiger partial charge in [-0.2, -0.15) is 0 Å². The van der Waals surface area contributed by atoms with E-state index in [9.17, 15) is 9.59 Å². The second-order valence-electron chi connectivity index (χ2n) is 4.84. The number of rotatable bonds is 6. The van der Waals surface area contributed by atoms with Gasteiger partial charge >= 0.3 is 0 Å². The maximum atomic E-state index is 12.5. The molecule has 2 N–H and O–H groups in total. The van der Waals surface area contributed by atoms with Crippen LogP contribution in [0.1, 0.15) is 28.3 Å². The van der Waals surface area contributed by atoms with Crippen LogP contribution in [0.4, 0.5) is 0 Å². The van der Waals surface area contributed by atoms with E-state index in [1.54, 1.807) is 24.0 Å². The second kappa shape index (κ2) is 6.74. The van der Waals surface area contributed by atoms with E-state index < -0.39 is 5.91 Å². The Balaban J connectivity index is 2.14. The number of carbonyl (C=O) groups is 2. The number of carbonyl (C=O) groups excluding carboxylic acids is 2. The molecule has 110 valence electrons. The predicted molar refractivity (Wildman–Crippen MR) is 78.4 cm³/mol. The molecule has 2 amide bonds. The van der Waals surface area contributed by atoms with Crippen LogP contribution in [0.15, 0.2) is 46.9 Å². The Bertz CT molecular complexity index is 619. The van der Waals surface area contributed by atoms with Crippen LogP contribution in [0, 0.1) is 6.92 Å². The third-order valence-corrected chi connectivity index (χ3v) is 3.08. The van der Waals surface area contributed by atoms with Crippen LogP contribution in [0.3, 0.4) is 0 Å². The summed E-state index contributed by atoms with van der Waals surface area (Å²) in [5, 5.41) is 0. The molecule has 0 radical (unpaired) electrons. The molecule has 0 saturated heterocycles. The summed E-state index contributed by atoms with van der Waals surface area (Å²) in [6.45, 7) is 2.46. The van der Waals surface area contributed by atoms with Crippen molar-refractivity contribution < 1.29 is 14.0 Å². The van der Waals surface area contributed by atoms with Crippen molar-refractivity contribution in [2.45, 2.75) is 19.9 Å². The number of nitrogens with two attached hydrogens (primary N) is 1. The first-order valence-corrected chi connectivity index (χ1v) is 6.74. The molecule has 1 heterocycles. The molecule has 21 heavy (non-hydrogen) atoms. The quantitative estimate of drug-likeness (QED) is 0.883. The van der Waals surface area contributed by atoms with Crippen LogP contribution >= 0.6 is 0 Å². The van der Waals surface area contributed by atoms with Gasteiger partial charge in [0.05, 0.1) is 0 Å². The first-order valence-electron chi connectivity index (χ1n) is 6.74. The fourth-order valence-electron chi connectivity index (χ4n) is 2.01. The summed E-state index contributed by atoms with van der Waals surface area (Å²) < 4.78 is 5.36. The van der Waals surface area contributed by atoms with E-state index in [0.29, 0.717) is 12.3 Å². The Morgan fingerprint density at radius 2 is 1.86 bits per heavy atom. The van der Waals surface area contributed by atoms with Crippen LogP contribution in [0.25, 0.3) is 0 Å². The molecule has 1 aromatic carbocycles. The standard InChI is InChI=1S/C16H18N2O3/c1-12-7-8-14(21-12)16(20)18(10-9-15(17)19)11-13-5-3-2-4-6-13/h2-8H,9-11H2,1H3,(H2,17,19). The summed E-state index contributed by atoms with van der Waals surface area (Å²) in [7, 11) is 0. The van der Waals surface area contributed by atoms with Crippen molar-refractivity contribution in [3.05, 3.63) is 59.5 Å². The predicted octanol–water partition coefficient (Wildman–Crippen LogP) is 2.11. The fourth-order valence-corrected chi connectivity index (χ4v) is 2.01. The molecule has 1 aromatic heterocycles. The SMILES string of the molecule is Cc1ccc(C(=O)N(CCC(N)=O)Cc2ccccc2)o1. The zero-order valence-corrected chi connectivity index (χ0v) is 11.9. The van der Waals surface area contributed by atoms with E-state index in [0.717, 1.165) is 5.56 Å². The Labute approximate surface area is 123 Å². The number of hydrogen-bond acceptors (Lipinski definition) is 3. The summed E-state index contributed by atoms with van der Waals surface area (Å²) in [5.41, 5.74) is 6.16. The normalized spacial score (nSPS) is 10.3. The highest BCUT2D eigenvalue weighted by Gasteiger charge is 2.19. The Morgan fingerprint density at radius 3 is 2.43 bits per heavy atom. The third kappa shape index (κ3) is 4.21. The molecule has 5 nitrogen and oxygen atoms in total. The topological polar surface area (TPSA) is 76.5 Å². The maximum absolute atomic E-state index is 12.5. The van der Waals surface area contributed by atoms with E-state index in [1.165, 1.54) is 0 Å². The molecular formula is C16H18N2O3. The van der Waals surface area contributed by atoms with E-state index in [4.69, 9.17) is 10.2 Å². The van der Waals surface area contributed by atoms with Gasteiger partial charge in [-0.1, -0.05) is 30.3 Å². The summed E-state index contributed by atoms with van der Waals surface area (Å²) in [6, 6.07) is 13.0. The molecule has 0 aliphatic heterocycles. The van der Waals surface area contributed by atoms with Crippen molar-refractivity contribution in [2.24, 2.45) is 5.73 Å². The van der Waals surface area contributed by atoms with Crippen molar-refractivity contribution >= 4 is 11.8 Å². The maximum Gasteiger partial charge on any atom is 0.289 e. The molecule has 0 fully saturated rings. The molecule has 0 atom stereocenters. The minimum Gasteiger partial charge on any atom is -0.456 e. The molecule has 0 bridgehead atoms. The van der Waals surface area contributed by atoms with Gasteiger partial charge in [-0.3, -0.25) is 9.59 Å². The first kappa shape index (κ1) is 14.8. The van der Waals surface area contributed by atoms with Crippen molar-refractivity contribution in [1.29, 1.82) is 0 Å². The van der Waals surface area contributed by atoms with Gasteiger partial charge in [-0.25, -0.2) is 0 Å². The molecule has 0 saturated carbocycles. The van der Waals surface area contributed by atoms with Crippen molar-refractivity contribution in [1.82, 2.24) is 4.90 Å². The number of benzene rings is 1. The largest absolute Gasteiger partial charge is 0.456 e. The smallest absolute Gasteiger partial charge is 0.289 e. The van der Waals surface area contributed by atoms with Gasteiger partial charge in [-0.15, -0.1) is 0 Å². The van der Waals surface area contributed by atoms with Crippen LogP contribution in [0.2, 0.25) is 0 Å². The molecule has 2 aromatic rings. The van der Waals surface area contributed by atoms with Crippen LogP contribution in [-0.2, 0) is 11.3 Å².